The number of nitrogens with zero attached hydrogens (tertiary/aromatic N) is 3. The molecule has 5 heteroatoms. The van der Waals surface area contributed by atoms with Crippen molar-refractivity contribution in [3.63, 3.8) is 0 Å². The van der Waals surface area contributed by atoms with E-state index < -0.39 is 0 Å². The van der Waals surface area contributed by atoms with E-state index in [-0.39, 0.29) is 5.41 Å². The Morgan fingerprint density at radius 1 is 1.42 bits per heavy atom. The molecule has 0 saturated heterocycles. The first kappa shape index (κ1) is 13.8. The molecular formula is C14H23N5. The number of aromatic nitrogens is 3. The second-order valence-electron chi connectivity index (χ2n) is 6.01. The van der Waals surface area contributed by atoms with Gasteiger partial charge in [0.2, 0.25) is 0 Å². The monoisotopic (exact) mass is 261 g/mol. The third-order valence-electron chi connectivity index (χ3n) is 3.14. The summed E-state index contributed by atoms with van der Waals surface area (Å²) >= 11 is 0. The van der Waals surface area contributed by atoms with Crippen molar-refractivity contribution in [3.8, 4) is 0 Å². The van der Waals surface area contributed by atoms with E-state index in [4.69, 9.17) is 5.73 Å². The number of rotatable bonds is 4. The fourth-order valence-electron chi connectivity index (χ4n) is 1.96. The van der Waals surface area contributed by atoms with Crippen molar-refractivity contribution in [3.05, 3.63) is 24.2 Å². The Bertz CT molecular complexity index is 552. The highest BCUT2D eigenvalue weighted by molar-refractivity contribution is 5.68. The fourth-order valence-corrected chi connectivity index (χ4v) is 1.96. The van der Waals surface area contributed by atoms with Crippen LogP contribution in [-0.2, 0) is 5.41 Å². The molecule has 2 aromatic heterocycles. The Kier molecular flexibility index (Phi) is 3.75. The van der Waals surface area contributed by atoms with E-state index in [1.54, 1.807) is 6.20 Å². The van der Waals surface area contributed by atoms with E-state index in [9.17, 15) is 0 Å². The molecule has 3 N–H and O–H groups in total. The molecule has 0 amide bonds. The van der Waals surface area contributed by atoms with Crippen molar-refractivity contribution in [1.29, 1.82) is 0 Å². The lowest BCUT2D eigenvalue weighted by Crippen LogP contribution is -2.20. The van der Waals surface area contributed by atoms with Gasteiger partial charge in [-0.2, -0.15) is 5.10 Å². The summed E-state index contributed by atoms with van der Waals surface area (Å²) in [6.45, 7) is 9.26. The average molecular weight is 261 g/mol. The van der Waals surface area contributed by atoms with Crippen molar-refractivity contribution in [2.75, 3.05) is 11.9 Å². The molecule has 0 radical (unpaired) electrons. The van der Waals surface area contributed by atoms with Gasteiger partial charge in [0.05, 0.1) is 5.69 Å². The molecule has 0 saturated carbocycles. The van der Waals surface area contributed by atoms with Crippen LogP contribution in [0.25, 0.3) is 5.52 Å². The van der Waals surface area contributed by atoms with Gasteiger partial charge >= 0.3 is 0 Å². The predicted molar refractivity (Wildman–Crippen MR) is 78.4 cm³/mol. The maximum Gasteiger partial charge on any atom is 0.152 e. The molecule has 0 bridgehead atoms. The molecule has 0 aliphatic heterocycles. The first-order valence-electron chi connectivity index (χ1n) is 6.73. The minimum Gasteiger partial charge on any atom is -0.366 e. The second-order valence-corrected chi connectivity index (χ2v) is 6.01. The number of nitrogens with two attached hydrogens (primary N) is 1. The average Bonchev–Trinajstić information content (AvgIpc) is 2.74. The summed E-state index contributed by atoms with van der Waals surface area (Å²) in [5.41, 5.74) is 7.69. The summed E-state index contributed by atoms with van der Waals surface area (Å²) in [7, 11) is 0. The minimum atomic E-state index is 0.0339. The highest BCUT2D eigenvalue weighted by Crippen LogP contribution is 2.24. The first-order valence-corrected chi connectivity index (χ1v) is 6.73. The van der Waals surface area contributed by atoms with Crippen molar-refractivity contribution in [2.45, 2.75) is 45.6 Å². The lowest BCUT2D eigenvalue weighted by atomic mass is 9.92. The molecular weight excluding hydrogens is 238 g/mol. The molecule has 0 aliphatic carbocycles. The van der Waals surface area contributed by atoms with E-state index in [1.807, 2.05) is 10.7 Å². The summed E-state index contributed by atoms with van der Waals surface area (Å²) in [5, 5.41) is 8.01. The van der Waals surface area contributed by atoms with Gasteiger partial charge in [-0.15, -0.1) is 0 Å². The number of fused-ring (bicyclic) bond motifs is 1. The summed E-state index contributed by atoms with van der Waals surface area (Å²) < 4.78 is 1.88. The molecule has 1 unspecified atom stereocenters. The predicted octanol–water partition coefficient (Wildman–Crippen LogP) is 2.18. The van der Waals surface area contributed by atoms with E-state index in [1.165, 1.54) is 0 Å². The van der Waals surface area contributed by atoms with Gasteiger partial charge in [-0.1, -0.05) is 20.8 Å². The van der Waals surface area contributed by atoms with Crippen LogP contribution in [0.15, 0.2) is 18.5 Å². The molecule has 2 heterocycles. The van der Waals surface area contributed by atoms with Crippen LogP contribution in [-0.4, -0.2) is 27.2 Å². The largest absolute Gasteiger partial charge is 0.366 e. The summed E-state index contributed by atoms with van der Waals surface area (Å²) in [5.74, 6) is 0.867. The van der Waals surface area contributed by atoms with Crippen molar-refractivity contribution in [2.24, 2.45) is 5.73 Å². The smallest absolute Gasteiger partial charge is 0.152 e. The zero-order valence-electron chi connectivity index (χ0n) is 12.1. The molecule has 5 nitrogen and oxygen atoms in total. The minimum absolute atomic E-state index is 0.0339. The third kappa shape index (κ3) is 3.04. The van der Waals surface area contributed by atoms with Crippen LogP contribution >= 0.6 is 0 Å². The van der Waals surface area contributed by atoms with Gasteiger partial charge in [0.1, 0.15) is 5.52 Å². The standard InChI is InChI=1S/C14H23N5/c1-10(5-6-15)17-13-11-9-12(14(2,3)4)18-19(11)8-7-16-13/h7-10H,5-6,15H2,1-4H3,(H,16,17). The fraction of sp³-hybridized carbons (Fsp3) is 0.571. The Labute approximate surface area is 114 Å². The van der Waals surface area contributed by atoms with E-state index in [0.717, 1.165) is 23.4 Å². The number of hydrogen-bond donors (Lipinski definition) is 2. The van der Waals surface area contributed by atoms with Crippen molar-refractivity contribution < 1.29 is 0 Å². The van der Waals surface area contributed by atoms with Crippen LogP contribution in [0.1, 0.15) is 39.8 Å². The molecule has 2 rings (SSSR count). The highest BCUT2D eigenvalue weighted by atomic mass is 15.2. The Hall–Kier alpha value is -1.62. The Balaban J connectivity index is 2.37. The van der Waals surface area contributed by atoms with E-state index >= 15 is 0 Å². The summed E-state index contributed by atoms with van der Waals surface area (Å²) in [6.07, 6.45) is 4.57. The number of nitrogens with one attached hydrogen (secondary N) is 1. The van der Waals surface area contributed by atoms with Crippen LogP contribution in [0.2, 0.25) is 0 Å². The van der Waals surface area contributed by atoms with Crippen LogP contribution in [0.3, 0.4) is 0 Å². The molecule has 1 atom stereocenters. The van der Waals surface area contributed by atoms with Crippen LogP contribution < -0.4 is 11.1 Å². The zero-order chi connectivity index (χ0) is 14.0. The third-order valence-corrected chi connectivity index (χ3v) is 3.14. The molecule has 0 spiro atoms. The molecule has 0 fully saturated rings. The first-order chi connectivity index (χ1) is 8.91. The molecule has 2 aromatic rings. The Morgan fingerprint density at radius 3 is 2.79 bits per heavy atom. The molecule has 0 aromatic carbocycles. The second kappa shape index (κ2) is 5.17. The van der Waals surface area contributed by atoms with Crippen LogP contribution in [0, 0.1) is 0 Å². The lowest BCUT2D eigenvalue weighted by molar-refractivity contribution is 0.562. The van der Waals surface area contributed by atoms with E-state index in [0.29, 0.717) is 12.6 Å². The summed E-state index contributed by atoms with van der Waals surface area (Å²) in [6, 6.07) is 2.40. The van der Waals surface area contributed by atoms with Crippen LogP contribution in [0.5, 0.6) is 0 Å². The number of anilines is 1. The van der Waals surface area contributed by atoms with Crippen LogP contribution in [0.4, 0.5) is 5.82 Å². The van der Waals surface area contributed by atoms with Crippen molar-refractivity contribution in [1.82, 2.24) is 14.6 Å². The summed E-state index contributed by atoms with van der Waals surface area (Å²) in [4.78, 5) is 4.41. The Morgan fingerprint density at radius 2 is 2.16 bits per heavy atom. The lowest BCUT2D eigenvalue weighted by Gasteiger charge is -2.14. The van der Waals surface area contributed by atoms with Gasteiger partial charge in [0.15, 0.2) is 5.82 Å². The normalized spacial score (nSPS) is 13.7. The molecule has 104 valence electrons. The van der Waals surface area contributed by atoms with Gasteiger partial charge in [0.25, 0.3) is 0 Å². The SMILES string of the molecule is CC(CCN)Nc1nccn2nc(C(C)(C)C)cc12. The van der Waals surface area contributed by atoms with Gasteiger partial charge in [0, 0.05) is 23.9 Å². The molecule has 19 heavy (non-hydrogen) atoms. The van der Waals surface area contributed by atoms with E-state index in [2.05, 4.69) is 49.2 Å². The maximum atomic E-state index is 5.58. The van der Waals surface area contributed by atoms with Crippen molar-refractivity contribution >= 4 is 11.3 Å². The quantitative estimate of drug-likeness (QED) is 0.885. The van der Waals surface area contributed by atoms with Gasteiger partial charge in [-0.25, -0.2) is 9.50 Å². The highest BCUT2D eigenvalue weighted by Gasteiger charge is 2.19. The van der Waals surface area contributed by atoms with Gasteiger partial charge in [-0.05, 0) is 26.0 Å². The number of hydrogen-bond acceptors (Lipinski definition) is 4. The zero-order valence-corrected chi connectivity index (χ0v) is 12.1. The molecule has 0 aliphatic rings. The van der Waals surface area contributed by atoms with Gasteiger partial charge < -0.3 is 11.1 Å². The maximum absolute atomic E-state index is 5.58. The van der Waals surface area contributed by atoms with Gasteiger partial charge in [-0.3, -0.25) is 0 Å². The topological polar surface area (TPSA) is 68.2 Å².